The van der Waals surface area contributed by atoms with Crippen LogP contribution in [0.1, 0.15) is 16.7 Å². The van der Waals surface area contributed by atoms with E-state index in [9.17, 15) is 9.59 Å². The summed E-state index contributed by atoms with van der Waals surface area (Å²) in [5.74, 6) is 0.275. The van der Waals surface area contributed by atoms with Crippen molar-refractivity contribution in [3.63, 3.8) is 0 Å². The van der Waals surface area contributed by atoms with Crippen molar-refractivity contribution in [2.24, 2.45) is 0 Å². The molecule has 0 radical (unpaired) electrons. The predicted octanol–water partition coefficient (Wildman–Crippen LogP) is 2.23. The highest BCUT2D eigenvalue weighted by Gasteiger charge is 2.19. The van der Waals surface area contributed by atoms with Gasteiger partial charge >= 0.3 is 5.69 Å². The maximum atomic E-state index is 12.3. The summed E-state index contributed by atoms with van der Waals surface area (Å²) in [5, 5.41) is 3.87. The Morgan fingerprint density at radius 3 is 2.67 bits per heavy atom. The smallest absolute Gasteiger partial charge is 0.349 e. The highest BCUT2D eigenvalue weighted by atomic mass is 35.5. The molecule has 9 heteroatoms. The van der Waals surface area contributed by atoms with Gasteiger partial charge in [0.05, 0.1) is 21.7 Å². The monoisotopic (exact) mass is 424 g/mol. The SMILES string of the molecule is Cc1cc2nc3c(=O)[nH]c(=O)nc-3n(CCNCc3ccc(N)c(Cl)c3)c2cc1C. The fraction of sp³-hybridized carbons (Fsp3) is 0.238. The molecule has 30 heavy (non-hydrogen) atoms. The Kier molecular flexibility index (Phi) is 5.27. The zero-order chi connectivity index (χ0) is 21.4. The highest BCUT2D eigenvalue weighted by molar-refractivity contribution is 6.33. The highest BCUT2D eigenvalue weighted by Crippen LogP contribution is 2.23. The molecule has 2 aliphatic heterocycles. The topological polar surface area (TPSA) is 119 Å². The van der Waals surface area contributed by atoms with Crippen LogP contribution in [-0.2, 0) is 13.1 Å². The fourth-order valence-electron chi connectivity index (χ4n) is 3.38. The number of benzene rings is 2. The zero-order valence-electron chi connectivity index (χ0n) is 16.6. The number of aromatic amines is 1. The predicted molar refractivity (Wildman–Crippen MR) is 118 cm³/mol. The van der Waals surface area contributed by atoms with Gasteiger partial charge in [0.25, 0.3) is 5.56 Å². The molecule has 8 nitrogen and oxygen atoms in total. The van der Waals surface area contributed by atoms with Crippen LogP contribution in [0.3, 0.4) is 0 Å². The van der Waals surface area contributed by atoms with Crippen LogP contribution >= 0.6 is 11.6 Å². The summed E-state index contributed by atoms with van der Waals surface area (Å²) in [5.41, 5.74) is 9.89. The van der Waals surface area contributed by atoms with Crippen molar-refractivity contribution in [3.05, 3.63) is 72.9 Å². The van der Waals surface area contributed by atoms with Gasteiger partial charge in [-0.3, -0.25) is 9.78 Å². The molecule has 0 bridgehead atoms. The van der Waals surface area contributed by atoms with Crippen LogP contribution in [0.25, 0.3) is 22.6 Å². The van der Waals surface area contributed by atoms with Gasteiger partial charge in [-0.25, -0.2) is 9.78 Å². The first-order valence-electron chi connectivity index (χ1n) is 9.50. The third-order valence-electron chi connectivity index (χ3n) is 5.13. The molecule has 2 aromatic rings. The second-order valence-corrected chi connectivity index (χ2v) is 7.67. The van der Waals surface area contributed by atoms with Crippen LogP contribution in [0.5, 0.6) is 0 Å². The van der Waals surface area contributed by atoms with E-state index in [-0.39, 0.29) is 11.5 Å². The summed E-state index contributed by atoms with van der Waals surface area (Å²) in [4.78, 5) is 34.8. The van der Waals surface area contributed by atoms with Crippen molar-refractivity contribution in [2.45, 2.75) is 26.9 Å². The molecular formula is C21H21ClN6O2. The Hall–Kier alpha value is -3.23. The number of hydrogen-bond acceptors (Lipinski definition) is 6. The number of rotatable bonds is 5. The first-order valence-corrected chi connectivity index (χ1v) is 9.88. The minimum Gasteiger partial charge on any atom is -0.398 e. The lowest BCUT2D eigenvalue weighted by Crippen LogP contribution is -2.30. The first kappa shape index (κ1) is 20.1. The maximum absolute atomic E-state index is 12.3. The summed E-state index contributed by atoms with van der Waals surface area (Å²) >= 11 is 6.08. The molecule has 0 aliphatic carbocycles. The van der Waals surface area contributed by atoms with Crippen LogP contribution in [-0.4, -0.2) is 26.1 Å². The molecule has 0 amide bonds. The van der Waals surface area contributed by atoms with Crippen molar-refractivity contribution in [1.82, 2.24) is 24.8 Å². The minimum absolute atomic E-state index is 0.149. The van der Waals surface area contributed by atoms with Gasteiger partial charge in [0, 0.05) is 19.6 Å². The summed E-state index contributed by atoms with van der Waals surface area (Å²) in [7, 11) is 0. The number of aromatic nitrogens is 4. The van der Waals surface area contributed by atoms with E-state index in [0.29, 0.717) is 35.9 Å². The van der Waals surface area contributed by atoms with E-state index in [1.54, 1.807) is 6.07 Å². The molecule has 0 saturated carbocycles. The van der Waals surface area contributed by atoms with Gasteiger partial charge in [0.2, 0.25) is 0 Å². The molecular weight excluding hydrogens is 404 g/mol. The van der Waals surface area contributed by atoms with Crippen LogP contribution in [0.15, 0.2) is 39.9 Å². The molecule has 0 saturated heterocycles. The van der Waals surface area contributed by atoms with Gasteiger partial charge < -0.3 is 15.6 Å². The second kappa shape index (κ2) is 7.89. The van der Waals surface area contributed by atoms with Gasteiger partial charge in [-0.15, -0.1) is 0 Å². The number of anilines is 1. The van der Waals surface area contributed by atoms with E-state index in [0.717, 1.165) is 22.2 Å². The zero-order valence-corrected chi connectivity index (χ0v) is 17.4. The minimum atomic E-state index is -0.685. The molecule has 0 unspecified atom stereocenters. The summed E-state index contributed by atoms with van der Waals surface area (Å²) in [6.07, 6.45) is 0. The molecule has 0 atom stereocenters. The maximum Gasteiger partial charge on any atom is 0.349 e. The molecule has 4 rings (SSSR count). The Labute approximate surface area is 177 Å². The number of nitrogens with one attached hydrogen (secondary N) is 2. The fourth-order valence-corrected chi connectivity index (χ4v) is 3.58. The van der Waals surface area contributed by atoms with Gasteiger partial charge in [-0.2, -0.15) is 4.98 Å². The number of H-pyrrole nitrogens is 1. The van der Waals surface area contributed by atoms with Crippen molar-refractivity contribution in [2.75, 3.05) is 12.3 Å². The molecule has 0 spiro atoms. The molecule has 0 aromatic heterocycles. The summed E-state index contributed by atoms with van der Waals surface area (Å²) < 4.78 is 1.86. The molecule has 2 aromatic carbocycles. The standard InChI is InChI=1S/C21H21ClN6O2/c1-11-7-16-17(8-12(11)2)28(19-18(25-16)20(29)27-21(30)26-19)6-5-24-10-13-3-4-15(23)14(22)9-13/h3-4,7-9,24H,5-6,10,23H2,1-2H3,(H,27,29,30). The van der Waals surface area contributed by atoms with Crippen LogP contribution in [0, 0.1) is 13.8 Å². The molecule has 2 aliphatic rings. The lowest BCUT2D eigenvalue weighted by molar-refractivity contribution is 0.603. The summed E-state index contributed by atoms with van der Waals surface area (Å²) in [6.45, 7) is 5.68. The number of nitrogen functional groups attached to an aromatic ring is 1. The molecule has 2 heterocycles. The summed E-state index contributed by atoms with van der Waals surface area (Å²) in [6, 6.07) is 9.45. The lowest BCUT2D eigenvalue weighted by Gasteiger charge is -2.18. The Morgan fingerprint density at radius 1 is 1.13 bits per heavy atom. The van der Waals surface area contributed by atoms with E-state index in [2.05, 4.69) is 20.3 Å². The third-order valence-corrected chi connectivity index (χ3v) is 5.46. The quantitative estimate of drug-likeness (QED) is 0.257. The molecule has 0 fully saturated rings. The van der Waals surface area contributed by atoms with Crippen molar-refractivity contribution in [3.8, 4) is 11.5 Å². The van der Waals surface area contributed by atoms with Crippen molar-refractivity contribution < 1.29 is 0 Å². The number of nitrogens with zero attached hydrogens (tertiary/aromatic N) is 3. The van der Waals surface area contributed by atoms with E-state index in [1.807, 2.05) is 42.7 Å². The molecule has 154 valence electrons. The van der Waals surface area contributed by atoms with E-state index >= 15 is 0 Å². The average molecular weight is 425 g/mol. The second-order valence-electron chi connectivity index (χ2n) is 7.26. The van der Waals surface area contributed by atoms with Gasteiger partial charge in [0.15, 0.2) is 11.5 Å². The van der Waals surface area contributed by atoms with Crippen LogP contribution in [0.2, 0.25) is 5.02 Å². The Bertz CT molecular complexity index is 1340. The lowest BCUT2D eigenvalue weighted by atomic mass is 10.1. The van der Waals surface area contributed by atoms with Gasteiger partial charge in [0.1, 0.15) is 0 Å². The molecule has 4 N–H and O–H groups in total. The number of aryl methyl sites for hydroxylation is 2. The number of halogens is 1. The Morgan fingerprint density at radius 2 is 1.90 bits per heavy atom. The largest absolute Gasteiger partial charge is 0.398 e. The van der Waals surface area contributed by atoms with Gasteiger partial charge in [-0.1, -0.05) is 17.7 Å². The first-order chi connectivity index (χ1) is 14.3. The van der Waals surface area contributed by atoms with Crippen LogP contribution in [0.4, 0.5) is 5.69 Å². The Balaban J connectivity index is 1.68. The number of hydrogen-bond donors (Lipinski definition) is 3. The van der Waals surface area contributed by atoms with Crippen molar-refractivity contribution >= 4 is 28.3 Å². The third kappa shape index (κ3) is 3.79. The van der Waals surface area contributed by atoms with E-state index in [1.165, 1.54) is 0 Å². The number of fused-ring (bicyclic) bond motifs is 2. The average Bonchev–Trinajstić information content (AvgIpc) is 2.69. The van der Waals surface area contributed by atoms with Crippen molar-refractivity contribution in [1.29, 1.82) is 0 Å². The normalized spacial score (nSPS) is 11.4. The van der Waals surface area contributed by atoms with Crippen LogP contribution < -0.4 is 22.3 Å². The number of nitrogens with two attached hydrogens (primary N) is 1. The van der Waals surface area contributed by atoms with E-state index < -0.39 is 11.2 Å². The van der Waals surface area contributed by atoms with E-state index in [4.69, 9.17) is 17.3 Å². The van der Waals surface area contributed by atoms with Gasteiger partial charge in [-0.05, 0) is 54.8 Å².